The van der Waals surface area contributed by atoms with Crippen molar-refractivity contribution in [2.75, 3.05) is 0 Å². The Labute approximate surface area is 236 Å². The first-order chi connectivity index (χ1) is 15.8. The molecule has 4 radical (unpaired) electrons. The summed E-state index contributed by atoms with van der Waals surface area (Å²) in [6.07, 6.45) is 7.78. The van der Waals surface area contributed by atoms with Crippen LogP contribution in [0.1, 0.15) is 50.7 Å². The monoisotopic (exact) mass is 696 g/mol. The second-order valence-corrected chi connectivity index (χ2v) is 8.96. The molecule has 3 rings (SSSR count). The molecule has 2 aromatic carbocycles. The zero-order chi connectivity index (χ0) is 24.8. The van der Waals surface area contributed by atoms with Crippen LogP contribution in [-0.4, -0.2) is 47.1 Å². The Hall–Kier alpha value is -1.32. The topological polar surface area (TPSA) is 91.3 Å². The number of para-hydroxylation sites is 1. The fourth-order valence-electron chi connectivity index (χ4n) is 2.55. The summed E-state index contributed by atoms with van der Waals surface area (Å²) >= 11 is 6.47. The number of benzene rings is 2. The maximum atomic E-state index is 12.1. The average molecular weight is 697 g/mol. The molecule has 0 bridgehead atoms. The molecule has 180 valence electrons. The summed E-state index contributed by atoms with van der Waals surface area (Å²) in [5.41, 5.74) is 2.06. The number of hydrogen-bond donors (Lipinski definition) is 1. The number of aromatic nitrogens is 1. The quantitative estimate of drug-likeness (QED) is 0.265. The molecule has 5 nitrogen and oxygen atoms in total. The average Bonchev–Trinajstić information content (AvgIpc) is 3.22. The minimum Gasteiger partial charge on any atom is -0.871 e. The molecule has 0 saturated carbocycles. The van der Waals surface area contributed by atoms with Crippen molar-refractivity contribution in [2.45, 2.75) is 52.0 Å². The van der Waals surface area contributed by atoms with Crippen molar-refractivity contribution in [3.63, 3.8) is 0 Å². The van der Waals surface area contributed by atoms with Gasteiger partial charge in [0.05, 0.1) is 12.0 Å². The van der Waals surface area contributed by atoms with Crippen LogP contribution < -0.4 is 10.2 Å². The van der Waals surface area contributed by atoms with Crippen LogP contribution in [0.5, 0.6) is 5.75 Å². The molecule has 0 amide bonds. The Bertz CT molecular complexity index is 1030. The van der Waals surface area contributed by atoms with Gasteiger partial charge in [-0.25, -0.2) is 0 Å². The first-order valence-corrected chi connectivity index (χ1v) is 12.4. The number of carbonyl (C=O) groups is 1. The molecular formula is C26H30Br2N2O3Sn. The number of halogens is 2. The molecule has 1 heterocycles. The summed E-state index contributed by atoms with van der Waals surface area (Å²) in [5.74, 6) is -1.54. The Morgan fingerprint density at radius 3 is 2.29 bits per heavy atom. The van der Waals surface area contributed by atoms with Crippen molar-refractivity contribution in [1.29, 1.82) is 0 Å². The SMILES string of the molecule is O=C([O-])[C@H](Cc1c[nH]c2ccccc12)N=Cc1cc(Br)cc(Br)c1[O-].[CH2]CCC.[CH2]CCC.[Sn+2]. The van der Waals surface area contributed by atoms with E-state index in [4.69, 9.17) is 0 Å². The van der Waals surface area contributed by atoms with E-state index in [-0.39, 0.29) is 36.1 Å². The van der Waals surface area contributed by atoms with E-state index < -0.39 is 12.0 Å². The number of aliphatic carboxylic acids is 1. The fraction of sp³-hybridized carbons (Fsp3) is 0.308. The van der Waals surface area contributed by atoms with Crippen molar-refractivity contribution in [2.24, 2.45) is 4.99 Å². The number of nitrogens with zero attached hydrogens (tertiary/aromatic N) is 1. The van der Waals surface area contributed by atoms with Gasteiger partial charge >= 0.3 is 23.9 Å². The predicted octanol–water partition coefficient (Wildman–Crippen LogP) is 5.41. The van der Waals surface area contributed by atoms with E-state index >= 15 is 0 Å². The zero-order valence-corrected chi connectivity index (χ0v) is 25.6. The van der Waals surface area contributed by atoms with Crippen molar-refractivity contribution < 1.29 is 15.0 Å². The molecule has 0 saturated heterocycles. The summed E-state index contributed by atoms with van der Waals surface area (Å²) in [7, 11) is 0. The van der Waals surface area contributed by atoms with Gasteiger partial charge in [0, 0.05) is 38.7 Å². The van der Waals surface area contributed by atoms with E-state index in [1.807, 2.05) is 24.3 Å². The van der Waals surface area contributed by atoms with Crippen LogP contribution in [0.3, 0.4) is 0 Å². The number of carboxylic acid groups (broad SMARTS) is 1. The number of unbranched alkanes of at least 4 members (excludes halogenated alkanes) is 2. The van der Waals surface area contributed by atoms with Gasteiger partial charge in [-0.05, 0) is 29.3 Å². The number of H-pyrrole nitrogens is 1. The summed E-state index contributed by atoms with van der Waals surface area (Å²) in [5, 5.41) is 24.5. The number of rotatable bonds is 7. The molecule has 0 spiro atoms. The molecule has 0 aliphatic rings. The normalized spacial score (nSPS) is 11.1. The standard InChI is InChI=1S/C18H14Br2N2O3.2C4H9.Sn/c19-12-5-11(17(23)14(20)7-12)9-22-16(18(24)25)6-10-8-21-15-4-2-1-3-13(10)15;2*1-3-4-2;/h1-5,7-9,16,21,23H,6H2,(H,24,25);2*1,3-4H2,2H3;/q;;;+2/p-2/t16-;;;/m0.../s1. The van der Waals surface area contributed by atoms with Gasteiger partial charge in [-0.2, -0.15) is 0 Å². The first kappa shape index (κ1) is 32.7. The van der Waals surface area contributed by atoms with Gasteiger partial charge in [0.25, 0.3) is 0 Å². The van der Waals surface area contributed by atoms with Crippen LogP contribution in [0.25, 0.3) is 10.9 Å². The molecule has 0 unspecified atom stereocenters. The van der Waals surface area contributed by atoms with Gasteiger partial charge < -0.3 is 20.0 Å². The number of aliphatic imine (C=N–C) groups is 1. The van der Waals surface area contributed by atoms with Gasteiger partial charge in [-0.15, -0.1) is 0 Å². The summed E-state index contributed by atoms with van der Waals surface area (Å²) in [6.45, 7) is 11.4. The van der Waals surface area contributed by atoms with E-state index in [1.54, 1.807) is 18.3 Å². The zero-order valence-electron chi connectivity index (χ0n) is 19.6. The third-order valence-electron chi connectivity index (χ3n) is 4.50. The first-order valence-electron chi connectivity index (χ1n) is 10.8. The maximum Gasteiger partial charge on any atom is 2.00 e. The molecule has 8 heteroatoms. The van der Waals surface area contributed by atoms with Crippen LogP contribution in [0.15, 0.2) is 56.5 Å². The Morgan fingerprint density at radius 1 is 1.15 bits per heavy atom. The van der Waals surface area contributed by atoms with Crippen molar-refractivity contribution in [1.82, 2.24) is 4.98 Å². The Balaban J connectivity index is 0.00000106. The molecule has 34 heavy (non-hydrogen) atoms. The van der Waals surface area contributed by atoms with Crippen LogP contribution in [-0.2, 0) is 11.2 Å². The summed E-state index contributed by atoms with van der Waals surface area (Å²) in [6, 6.07) is 9.75. The number of fused-ring (bicyclic) bond motifs is 1. The third kappa shape index (κ3) is 10.9. The van der Waals surface area contributed by atoms with E-state index in [9.17, 15) is 15.0 Å². The van der Waals surface area contributed by atoms with Gasteiger partial charge in [0.1, 0.15) is 0 Å². The van der Waals surface area contributed by atoms with Gasteiger partial charge in [0.2, 0.25) is 0 Å². The van der Waals surface area contributed by atoms with E-state index in [0.29, 0.717) is 14.5 Å². The number of aromatic amines is 1. The molecular weight excluding hydrogens is 667 g/mol. The molecule has 0 aliphatic heterocycles. The van der Waals surface area contributed by atoms with Crippen molar-refractivity contribution in [3.8, 4) is 5.75 Å². The second-order valence-electron chi connectivity index (χ2n) is 7.19. The minimum absolute atomic E-state index is 0. The Morgan fingerprint density at radius 2 is 1.74 bits per heavy atom. The molecule has 1 atom stereocenters. The molecule has 1 N–H and O–H groups in total. The van der Waals surface area contributed by atoms with Crippen LogP contribution in [0, 0.1) is 13.8 Å². The van der Waals surface area contributed by atoms with Crippen molar-refractivity contribution >= 4 is 78.9 Å². The Kier molecular flexibility index (Phi) is 17.3. The van der Waals surface area contributed by atoms with Crippen LogP contribution in [0.4, 0.5) is 0 Å². The van der Waals surface area contributed by atoms with Gasteiger partial charge in [-0.3, -0.25) is 4.99 Å². The summed E-state index contributed by atoms with van der Waals surface area (Å²) in [4.78, 5) is 18.6. The number of hydrogen-bond acceptors (Lipinski definition) is 4. The second kappa shape index (κ2) is 18.0. The van der Waals surface area contributed by atoms with Crippen LogP contribution in [0.2, 0.25) is 0 Å². The minimum atomic E-state index is -1.29. The third-order valence-corrected chi connectivity index (χ3v) is 5.54. The van der Waals surface area contributed by atoms with E-state index in [0.717, 1.165) is 29.3 Å². The predicted molar refractivity (Wildman–Crippen MR) is 146 cm³/mol. The number of nitrogens with one attached hydrogen (secondary N) is 1. The van der Waals surface area contributed by atoms with Gasteiger partial charge in [-0.1, -0.05) is 109 Å². The summed E-state index contributed by atoms with van der Waals surface area (Å²) < 4.78 is 1.08. The maximum absolute atomic E-state index is 12.1. The van der Waals surface area contributed by atoms with E-state index in [1.165, 1.54) is 19.1 Å². The number of carbonyl (C=O) groups excluding carboxylic acids is 1. The number of carboxylic acids is 1. The van der Waals surface area contributed by atoms with Gasteiger partial charge in [0.15, 0.2) is 0 Å². The molecule has 0 aliphatic carbocycles. The van der Waals surface area contributed by atoms with Crippen LogP contribution >= 0.6 is 31.9 Å². The largest absolute Gasteiger partial charge is 2.00 e. The molecule has 3 aromatic rings. The van der Waals surface area contributed by atoms with E-state index in [2.05, 4.69) is 69.5 Å². The van der Waals surface area contributed by atoms with Crippen molar-refractivity contribution in [3.05, 3.63) is 76.5 Å². The molecule has 0 fully saturated rings. The smallest absolute Gasteiger partial charge is 0.871 e. The fourth-order valence-corrected chi connectivity index (χ4v) is 3.81. The molecule has 1 aromatic heterocycles.